The van der Waals surface area contributed by atoms with Crippen LogP contribution in [0.1, 0.15) is 23.7 Å². The second-order valence-corrected chi connectivity index (χ2v) is 6.68. The number of methoxy groups -OCH3 is 1. The molecule has 0 unspecified atom stereocenters. The minimum atomic E-state index is -0.693. The van der Waals surface area contributed by atoms with Crippen molar-refractivity contribution in [3.63, 3.8) is 0 Å². The molecule has 0 amide bonds. The lowest BCUT2D eigenvalue weighted by Gasteiger charge is -2.16. The second-order valence-electron chi connectivity index (χ2n) is 6.68. The van der Waals surface area contributed by atoms with E-state index in [1.807, 2.05) is 0 Å². The molecule has 0 saturated heterocycles. The maximum absolute atomic E-state index is 14.6. The van der Waals surface area contributed by atoms with Crippen molar-refractivity contribution in [2.75, 3.05) is 26.1 Å². The van der Waals surface area contributed by atoms with E-state index >= 15 is 0 Å². The van der Waals surface area contributed by atoms with Crippen LogP contribution in [0.4, 0.5) is 14.6 Å². The van der Waals surface area contributed by atoms with Crippen molar-refractivity contribution in [2.45, 2.75) is 26.5 Å². The molecule has 1 aromatic carbocycles. The molecule has 0 fully saturated rings. The van der Waals surface area contributed by atoms with Gasteiger partial charge < -0.3 is 19.9 Å². The number of nitrogen functional groups attached to an aromatic ring is 1. The Morgan fingerprint density at radius 2 is 2.03 bits per heavy atom. The number of fused-ring (bicyclic) bond motifs is 1. The number of nitrogens with two attached hydrogens (primary N) is 1. The Balaban J connectivity index is 1.75. The maximum Gasteiger partial charge on any atom is 0.182 e. The molecule has 3 heterocycles. The fraction of sp³-hybridized carbons (Fsp3) is 0.350. The summed E-state index contributed by atoms with van der Waals surface area (Å²) in [4.78, 5) is 8.52. The topological polar surface area (TPSA) is 97.3 Å². The first kappa shape index (κ1) is 20.0. The summed E-state index contributed by atoms with van der Waals surface area (Å²) in [7, 11) is 1.47. The van der Waals surface area contributed by atoms with Gasteiger partial charge >= 0.3 is 0 Å². The van der Waals surface area contributed by atoms with Crippen molar-refractivity contribution < 1.29 is 23.0 Å². The number of hydrogen-bond donors (Lipinski definition) is 1. The van der Waals surface area contributed by atoms with Gasteiger partial charge in [-0.1, -0.05) is 0 Å². The molecular formula is C20H21F2N5O3. The van der Waals surface area contributed by atoms with Crippen LogP contribution in [0.25, 0.3) is 11.5 Å². The summed E-state index contributed by atoms with van der Waals surface area (Å²) in [5, 5.41) is 4.55. The van der Waals surface area contributed by atoms with Gasteiger partial charge in [0.2, 0.25) is 0 Å². The normalized spacial score (nSPS) is 13.2. The summed E-state index contributed by atoms with van der Waals surface area (Å²) in [5.74, 6) is -0.424. The Bertz CT molecular complexity index is 1060. The highest BCUT2D eigenvalue weighted by Gasteiger charge is 2.25. The monoisotopic (exact) mass is 417 g/mol. The third-order valence-corrected chi connectivity index (χ3v) is 4.84. The number of anilines is 1. The van der Waals surface area contributed by atoms with E-state index in [1.165, 1.54) is 25.4 Å². The van der Waals surface area contributed by atoms with Gasteiger partial charge in [0.25, 0.3) is 0 Å². The molecule has 0 aliphatic carbocycles. The average molecular weight is 417 g/mol. The number of nitrogens with zero attached hydrogens (tertiary/aromatic N) is 4. The molecular weight excluding hydrogens is 396 g/mol. The average Bonchev–Trinajstić information content (AvgIpc) is 3.09. The van der Waals surface area contributed by atoms with Gasteiger partial charge in [0.1, 0.15) is 23.1 Å². The van der Waals surface area contributed by atoms with Crippen molar-refractivity contribution in [2.24, 2.45) is 0 Å². The first-order chi connectivity index (χ1) is 14.5. The zero-order chi connectivity index (χ0) is 21.3. The summed E-state index contributed by atoms with van der Waals surface area (Å²) in [6.45, 7) is 2.76. The molecule has 0 spiro atoms. The van der Waals surface area contributed by atoms with Crippen molar-refractivity contribution in [1.29, 1.82) is 0 Å². The summed E-state index contributed by atoms with van der Waals surface area (Å²) in [6, 6.07) is 2.35. The van der Waals surface area contributed by atoms with E-state index in [9.17, 15) is 8.78 Å². The Morgan fingerprint density at radius 1 is 1.27 bits per heavy atom. The molecule has 1 aliphatic heterocycles. The summed E-state index contributed by atoms with van der Waals surface area (Å²) in [5.41, 5.74) is 7.86. The van der Waals surface area contributed by atoms with Gasteiger partial charge in [-0.15, -0.1) is 0 Å². The zero-order valence-corrected chi connectivity index (χ0v) is 16.6. The predicted molar refractivity (Wildman–Crippen MR) is 104 cm³/mol. The minimum absolute atomic E-state index is 0.0853. The smallest absolute Gasteiger partial charge is 0.182 e. The van der Waals surface area contributed by atoms with Gasteiger partial charge in [-0.05, 0) is 6.92 Å². The Kier molecular flexibility index (Phi) is 5.49. The third kappa shape index (κ3) is 3.65. The van der Waals surface area contributed by atoms with E-state index in [4.69, 9.17) is 19.9 Å². The number of hydrogen-bond acceptors (Lipinski definition) is 7. The maximum atomic E-state index is 14.6. The van der Waals surface area contributed by atoms with Crippen molar-refractivity contribution >= 4 is 5.82 Å². The largest absolute Gasteiger partial charge is 0.494 e. The molecule has 1 aliphatic rings. The molecule has 8 nitrogen and oxygen atoms in total. The van der Waals surface area contributed by atoms with E-state index < -0.39 is 11.6 Å². The fourth-order valence-electron chi connectivity index (χ4n) is 3.40. The van der Waals surface area contributed by atoms with Crippen LogP contribution in [0.5, 0.6) is 11.5 Å². The summed E-state index contributed by atoms with van der Waals surface area (Å²) < 4.78 is 46.6. The van der Waals surface area contributed by atoms with Gasteiger partial charge in [0.15, 0.2) is 17.4 Å². The number of ether oxygens (including phenoxy) is 3. The highest BCUT2D eigenvalue weighted by Crippen LogP contribution is 2.30. The van der Waals surface area contributed by atoms with E-state index in [-0.39, 0.29) is 23.7 Å². The van der Waals surface area contributed by atoms with Gasteiger partial charge in [-0.2, -0.15) is 5.10 Å². The minimum Gasteiger partial charge on any atom is -0.494 e. The summed E-state index contributed by atoms with van der Waals surface area (Å²) >= 11 is 0. The number of aromatic nitrogens is 4. The van der Waals surface area contributed by atoms with Crippen LogP contribution in [0.3, 0.4) is 0 Å². The van der Waals surface area contributed by atoms with Gasteiger partial charge in [0.05, 0.1) is 39.7 Å². The van der Waals surface area contributed by atoms with Crippen LogP contribution in [0.15, 0.2) is 18.3 Å². The van der Waals surface area contributed by atoms with E-state index in [1.54, 1.807) is 11.6 Å². The van der Waals surface area contributed by atoms with Crippen LogP contribution in [0.2, 0.25) is 0 Å². The van der Waals surface area contributed by atoms with Crippen LogP contribution < -0.4 is 15.2 Å². The quantitative estimate of drug-likeness (QED) is 0.659. The molecule has 4 rings (SSSR count). The van der Waals surface area contributed by atoms with Crippen molar-refractivity contribution in [1.82, 2.24) is 19.7 Å². The molecule has 10 heteroatoms. The van der Waals surface area contributed by atoms with Crippen molar-refractivity contribution in [3.8, 4) is 23.0 Å². The first-order valence-electron chi connectivity index (χ1n) is 9.45. The Morgan fingerprint density at radius 3 is 2.70 bits per heavy atom. The standard InChI is InChI=1S/C20H21F2N5O3/c1-3-30-11-6-14(21)12(15(22)7-11)9-27-16-4-5-29-10-13(16)18(26-27)20-24-8-17(28-2)19(23)25-20/h6-8H,3-5,9-10H2,1-2H3,(H2,23,24,25). The zero-order valence-electron chi connectivity index (χ0n) is 16.6. The number of halogens is 2. The summed E-state index contributed by atoms with van der Waals surface area (Å²) in [6.07, 6.45) is 2.01. The lowest BCUT2D eigenvalue weighted by Crippen LogP contribution is -2.15. The highest BCUT2D eigenvalue weighted by molar-refractivity contribution is 5.60. The molecule has 158 valence electrons. The van der Waals surface area contributed by atoms with E-state index in [0.29, 0.717) is 43.5 Å². The van der Waals surface area contributed by atoms with Crippen molar-refractivity contribution in [3.05, 3.63) is 46.8 Å². The van der Waals surface area contributed by atoms with Gasteiger partial charge in [-0.25, -0.2) is 18.7 Å². The number of benzene rings is 1. The molecule has 3 aromatic rings. The molecule has 2 aromatic heterocycles. The Labute approximate surface area is 171 Å². The molecule has 0 atom stereocenters. The lowest BCUT2D eigenvalue weighted by molar-refractivity contribution is 0.109. The molecule has 2 N–H and O–H groups in total. The Hall–Kier alpha value is -3.27. The van der Waals surface area contributed by atoms with Crippen LogP contribution in [-0.4, -0.2) is 40.1 Å². The van der Waals surface area contributed by atoms with Gasteiger partial charge in [-0.3, -0.25) is 4.68 Å². The predicted octanol–water partition coefficient (Wildman–Crippen LogP) is 2.73. The van der Waals surface area contributed by atoms with Crippen LogP contribution in [0, 0.1) is 11.6 Å². The molecule has 0 bridgehead atoms. The molecule has 0 saturated carbocycles. The molecule has 0 radical (unpaired) electrons. The van der Waals surface area contributed by atoms with E-state index in [2.05, 4.69) is 15.1 Å². The third-order valence-electron chi connectivity index (χ3n) is 4.84. The fourth-order valence-corrected chi connectivity index (χ4v) is 3.40. The second kappa shape index (κ2) is 8.23. The van der Waals surface area contributed by atoms with Crippen LogP contribution >= 0.6 is 0 Å². The lowest BCUT2D eigenvalue weighted by atomic mass is 10.1. The molecule has 30 heavy (non-hydrogen) atoms. The SMILES string of the molecule is CCOc1cc(F)c(Cn2nc(-c3ncc(OC)c(N)n3)c3c2CCOC3)c(F)c1. The number of rotatable bonds is 6. The van der Waals surface area contributed by atoms with Crippen LogP contribution in [-0.2, 0) is 24.3 Å². The highest BCUT2D eigenvalue weighted by atomic mass is 19.1. The van der Waals surface area contributed by atoms with Gasteiger partial charge in [0, 0.05) is 35.4 Å². The van der Waals surface area contributed by atoms with E-state index in [0.717, 1.165) is 11.3 Å². The first-order valence-corrected chi connectivity index (χ1v) is 9.45.